The van der Waals surface area contributed by atoms with Gasteiger partial charge in [0.05, 0.1) is 11.9 Å². The fourth-order valence-corrected chi connectivity index (χ4v) is 2.25. The lowest BCUT2D eigenvalue weighted by atomic mass is 10.3. The highest BCUT2D eigenvalue weighted by atomic mass is 16.5. The lowest BCUT2D eigenvalue weighted by Crippen LogP contribution is -2.51. The molecule has 8 nitrogen and oxygen atoms in total. The van der Waals surface area contributed by atoms with Gasteiger partial charge in [-0.1, -0.05) is 18.2 Å². The molecule has 128 valence electrons. The molecule has 25 heavy (non-hydrogen) atoms. The molecule has 0 aliphatic carbocycles. The van der Waals surface area contributed by atoms with Crippen LogP contribution in [0.15, 0.2) is 48.7 Å². The van der Waals surface area contributed by atoms with E-state index in [9.17, 15) is 14.4 Å². The topological polar surface area (TPSA) is 101 Å². The smallest absolute Gasteiger partial charge is 0.324 e. The summed E-state index contributed by atoms with van der Waals surface area (Å²) < 4.78 is 5.57. The number of ether oxygens (including phenoxy) is 1. The van der Waals surface area contributed by atoms with Crippen LogP contribution in [-0.4, -0.2) is 40.8 Å². The zero-order chi connectivity index (χ0) is 17.6. The number of carbonyl (C=O) groups excluding carboxylic acids is 3. The Bertz CT molecular complexity index is 777. The van der Waals surface area contributed by atoms with E-state index in [2.05, 4.69) is 15.6 Å². The van der Waals surface area contributed by atoms with Crippen molar-refractivity contribution in [3.8, 4) is 11.6 Å². The van der Waals surface area contributed by atoms with Crippen molar-refractivity contribution in [2.24, 2.45) is 0 Å². The number of benzene rings is 1. The van der Waals surface area contributed by atoms with Crippen LogP contribution in [0.3, 0.4) is 0 Å². The summed E-state index contributed by atoms with van der Waals surface area (Å²) in [7, 11) is 0. The third-order valence-electron chi connectivity index (χ3n) is 3.46. The molecule has 1 fully saturated rings. The summed E-state index contributed by atoms with van der Waals surface area (Å²) in [5.41, 5.74) is 0.485. The molecule has 0 atom stereocenters. The first-order valence-corrected chi connectivity index (χ1v) is 7.68. The van der Waals surface area contributed by atoms with Crippen molar-refractivity contribution in [2.45, 2.75) is 6.42 Å². The molecule has 0 spiro atoms. The second-order valence-corrected chi connectivity index (χ2v) is 5.37. The van der Waals surface area contributed by atoms with Gasteiger partial charge in [0.1, 0.15) is 12.3 Å². The third kappa shape index (κ3) is 4.54. The molecule has 4 amide bonds. The molecule has 8 heteroatoms. The summed E-state index contributed by atoms with van der Waals surface area (Å²) in [4.78, 5) is 40.1. The monoisotopic (exact) mass is 340 g/mol. The fourth-order valence-electron chi connectivity index (χ4n) is 2.25. The molecular weight excluding hydrogens is 324 g/mol. The van der Waals surface area contributed by atoms with E-state index in [1.165, 1.54) is 11.1 Å². The second-order valence-electron chi connectivity index (χ2n) is 5.37. The SMILES string of the molecule is O=C1CCN(CC(=O)Nc2ccc(Oc3ccccc3)nc2)C(=O)N1. The van der Waals surface area contributed by atoms with E-state index in [-0.39, 0.29) is 31.3 Å². The Morgan fingerprint density at radius 1 is 1.20 bits per heavy atom. The number of imide groups is 1. The molecule has 1 aromatic carbocycles. The first kappa shape index (κ1) is 16.4. The van der Waals surface area contributed by atoms with Crippen molar-refractivity contribution in [1.82, 2.24) is 15.2 Å². The van der Waals surface area contributed by atoms with E-state index in [1.54, 1.807) is 12.1 Å². The van der Waals surface area contributed by atoms with Crippen LogP contribution in [0.25, 0.3) is 0 Å². The molecule has 1 aromatic heterocycles. The highest BCUT2D eigenvalue weighted by Gasteiger charge is 2.24. The highest BCUT2D eigenvalue weighted by molar-refractivity contribution is 6.00. The first-order valence-electron chi connectivity index (χ1n) is 7.68. The van der Waals surface area contributed by atoms with Gasteiger partial charge >= 0.3 is 6.03 Å². The first-order chi connectivity index (χ1) is 12.1. The van der Waals surface area contributed by atoms with Gasteiger partial charge in [0.2, 0.25) is 17.7 Å². The van der Waals surface area contributed by atoms with Crippen molar-refractivity contribution in [1.29, 1.82) is 0 Å². The number of hydrogen-bond donors (Lipinski definition) is 2. The number of amides is 4. The number of pyridine rings is 1. The molecule has 1 saturated heterocycles. The predicted molar refractivity (Wildman–Crippen MR) is 89.1 cm³/mol. The molecule has 0 saturated carbocycles. The largest absolute Gasteiger partial charge is 0.439 e. The van der Waals surface area contributed by atoms with E-state index >= 15 is 0 Å². The molecule has 1 aliphatic rings. The van der Waals surface area contributed by atoms with Crippen LogP contribution >= 0.6 is 0 Å². The van der Waals surface area contributed by atoms with Crippen LogP contribution in [0.1, 0.15) is 6.42 Å². The third-order valence-corrected chi connectivity index (χ3v) is 3.46. The Morgan fingerprint density at radius 2 is 2.00 bits per heavy atom. The normalized spacial score (nSPS) is 14.0. The quantitative estimate of drug-likeness (QED) is 0.864. The summed E-state index contributed by atoms with van der Waals surface area (Å²) in [5.74, 6) is 0.360. The number of hydrogen-bond acceptors (Lipinski definition) is 5. The van der Waals surface area contributed by atoms with Crippen LogP contribution in [0.4, 0.5) is 10.5 Å². The number of nitrogens with one attached hydrogen (secondary N) is 2. The van der Waals surface area contributed by atoms with Gasteiger partial charge in [-0.15, -0.1) is 0 Å². The molecular formula is C17H16N4O4. The van der Waals surface area contributed by atoms with Gasteiger partial charge in [-0.05, 0) is 18.2 Å². The van der Waals surface area contributed by atoms with Crippen LogP contribution in [0, 0.1) is 0 Å². The number of carbonyl (C=O) groups is 3. The van der Waals surface area contributed by atoms with E-state index in [0.29, 0.717) is 17.3 Å². The summed E-state index contributed by atoms with van der Waals surface area (Å²) in [6.07, 6.45) is 1.65. The molecule has 1 aliphatic heterocycles. The number of anilines is 1. The Labute approximate surface area is 143 Å². The zero-order valence-corrected chi connectivity index (χ0v) is 13.3. The predicted octanol–water partition coefficient (Wildman–Crippen LogP) is 1.75. The van der Waals surface area contributed by atoms with Gasteiger partial charge in [-0.3, -0.25) is 14.9 Å². The van der Waals surface area contributed by atoms with Crippen LogP contribution in [-0.2, 0) is 9.59 Å². The van der Waals surface area contributed by atoms with Gasteiger partial charge < -0.3 is 15.0 Å². The number of urea groups is 1. The fraction of sp³-hybridized carbons (Fsp3) is 0.176. The lowest BCUT2D eigenvalue weighted by molar-refractivity contribution is -0.123. The molecule has 0 radical (unpaired) electrons. The average molecular weight is 340 g/mol. The van der Waals surface area contributed by atoms with Gasteiger partial charge in [-0.25, -0.2) is 9.78 Å². The minimum atomic E-state index is -0.559. The Hall–Kier alpha value is -3.42. The van der Waals surface area contributed by atoms with Crippen molar-refractivity contribution >= 4 is 23.5 Å². The van der Waals surface area contributed by atoms with E-state index in [0.717, 1.165) is 0 Å². The summed E-state index contributed by atoms with van der Waals surface area (Å²) >= 11 is 0. The lowest BCUT2D eigenvalue weighted by Gasteiger charge is -2.25. The maximum atomic E-state index is 12.0. The molecule has 2 aromatic rings. The van der Waals surface area contributed by atoms with Crippen LogP contribution in [0.2, 0.25) is 0 Å². The Kier molecular flexibility index (Phi) is 4.89. The number of rotatable bonds is 5. The summed E-state index contributed by atoms with van der Waals surface area (Å²) in [6.45, 7) is 0.0849. The minimum absolute atomic E-state index is 0.138. The number of aromatic nitrogens is 1. The van der Waals surface area contributed by atoms with E-state index < -0.39 is 6.03 Å². The van der Waals surface area contributed by atoms with Crippen LogP contribution in [0.5, 0.6) is 11.6 Å². The number of para-hydroxylation sites is 1. The van der Waals surface area contributed by atoms with Gasteiger partial charge in [0.15, 0.2) is 0 Å². The van der Waals surface area contributed by atoms with Crippen molar-refractivity contribution in [3.05, 3.63) is 48.7 Å². The molecule has 0 unspecified atom stereocenters. The van der Waals surface area contributed by atoms with Crippen molar-refractivity contribution in [3.63, 3.8) is 0 Å². The second kappa shape index (κ2) is 7.43. The average Bonchev–Trinajstić information content (AvgIpc) is 2.60. The Balaban J connectivity index is 1.53. The van der Waals surface area contributed by atoms with E-state index in [1.807, 2.05) is 30.3 Å². The van der Waals surface area contributed by atoms with Crippen molar-refractivity contribution < 1.29 is 19.1 Å². The molecule has 3 rings (SSSR count). The molecule has 2 N–H and O–H groups in total. The number of nitrogens with zero attached hydrogens (tertiary/aromatic N) is 2. The highest BCUT2D eigenvalue weighted by Crippen LogP contribution is 2.19. The summed E-state index contributed by atoms with van der Waals surface area (Å²) in [5, 5.41) is 4.82. The summed E-state index contributed by atoms with van der Waals surface area (Å²) in [6, 6.07) is 12.0. The van der Waals surface area contributed by atoms with E-state index in [4.69, 9.17) is 4.74 Å². The van der Waals surface area contributed by atoms with Gasteiger partial charge in [-0.2, -0.15) is 0 Å². The zero-order valence-electron chi connectivity index (χ0n) is 13.3. The molecule has 2 heterocycles. The van der Waals surface area contributed by atoms with Gasteiger partial charge in [0.25, 0.3) is 0 Å². The maximum Gasteiger partial charge on any atom is 0.324 e. The standard InChI is InChI=1S/C17H16N4O4/c22-14-8-9-21(17(24)20-14)11-15(23)19-12-6-7-16(18-10-12)25-13-4-2-1-3-5-13/h1-7,10H,8-9,11H2,(H,19,23)(H,20,22,24). The molecule has 0 bridgehead atoms. The van der Waals surface area contributed by atoms with Crippen molar-refractivity contribution in [2.75, 3.05) is 18.4 Å². The minimum Gasteiger partial charge on any atom is -0.439 e. The Morgan fingerprint density at radius 3 is 2.68 bits per heavy atom. The van der Waals surface area contributed by atoms with Crippen LogP contribution < -0.4 is 15.4 Å². The maximum absolute atomic E-state index is 12.0. The van der Waals surface area contributed by atoms with Gasteiger partial charge in [0, 0.05) is 19.0 Å².